The van der Waals surface area contributed by atoms with Crippen molar-refractivity contribution in [3.05, 3.63) is 47.5 Å². The van der Waals surface area contributed by atoms with Crippen LogP contribution in [0.15, 0.2) is 36.4 Å². The minimum absolute atomic E-state index is 0. The molecule has 4 nitrogen and oxygen atoms in total. The maximum atomic E-state index is 10.1. The van der Waals surface area contributed by atoms with Crippen molar-refractivity contribution in [3.8, 4) is 0 Å². The summed E-state index contributed by atoms with van der Waals surface area (Å²) in [6, 6.07) is 6.64. The molecule has 0 radical (unpaired) electrons. The van der Waals surface area contributed by atoms with Gasteiger partial charge in [0.05, 0.1) is 11.9 Å². The Labute approximate surface area is 129 Å². The zero-order chi connectivity index (χ0) is 12.0. The zero-order valence-corrected chi connectivity index (χ0v) is 10.3. The fraction of sp³-hybridized carbons (Fsp3) is 0. The molecule has 0 fully saturated rings. The van der Waals surface area contributed by atoms with Crippen LogP contribution >= 0.6 is 0 Å². The van der Waals surface area contributed by atoms with Crippen LogP contribution in [0.5, 0.6) is 0 Å². The number of carbonyl (C=O) groups is 2. The Morgan fingerprint density at radius 2 is 1.06 bits per heavy atom. The second kappa shape index (κ2) is 9.82. The van der Waals surface area contributed by atoms with Gasteiger partial charge in [0.2, 0.25) is 0 Å². The van der Waals surface area contributed by atoms with Crippen molar-refractivity contribution in [1.29, 1.82) is 0 Å². The second-order valence-corrected chi connectivity index (χ2v) is 2.97. The van der Waals surface area contributed by atoms with Gasteiger partial charge in [0.15, 0.2) is 0 Å². The monoisotopic (exact) mass is 230 g/mol. The van der Waals surface area contributed by atoms with E-state index in [1.165, 1.54) is 12.2 Å². The minimum Gasteiger partial charge on any atom is -0.545 e. The van der Waals surface area contributed by atoms with Crippen LogP contribution in [0.1, 0.15) is 11.1 Å². The minimum atomic E-state index is -1.26. The van der Waals surface area contributed by atoms with Gasteiger partial charge in [-0.2, -0.15) is 0 Å². The van der Waals surface area contributed by atoms with E-state index in [1.807, 2.05) is 0 Å². The van der Waals surface area contributed by atoms with Gasteiger partial charge in [-0.3, -0.25) is 0 Å². The van der Waals surface area contributed by atoms with Gasteiger partial charge in [0.25, 0.3) is 0 Å². The number of carboxylic acids is 2. The molecule has 0 heterocycles. The van der Waals surface area contributed by atoms with Crippen molar-refractivity contribution in [2.45, 2.75) is 0 Å². The molecule has 6 heteroatoms. The SMILES string of the molecule is O=C([O-])/C=C/c1ccc(/C=C/C(=O)[O-])cc1.[Li+].[Li+]. The molecule has 82 valence electrons. The van der Waals surface area contributed by atoms with Gasteiger partial charge >= 0.3 is 37.7 Å². The van der Waals surface area contributed by atoms with Gasteiger partial charge in [0, 0.05) is 0 Å². The molecule has 1 aromatic carbocycles. The van der Waals surface area contributed by atoms with Crippen LogP contribution in [-0.4, -0.2) is 11.9 Å². The summed E-state index contributed by atoms with van der Waals surface area (Å²) >= 11 is 0. The van der Waals surface area contributed by atoms with Crippen molar-refractivity contribution in [2.75, 3.05) is 0 Å². The largest absolute Gasteiger partial charge is 1.00 e. The molecule has 0 amide bonds. The van der Waals surface area contributed by atoms with Crippen LogP contribution in [0, 0.1) is 0 Å². The summed E-state index contributed by atoms with van der Waals surface area (Å²) in [5.41, 5.74) is 1.38. The Bertz CT molecular complexity index is 407. The summed E-state index contributed by atoms with van der Waals surface area (Å²) in [7, 11) is 0. The predicted molar refractivity (Wildman–Crippen MR) is 54.5 cm³/mol. The number of carbonyl (C=O) groups excluding carboxylic acids is 2. The molecule has 0 aromatic heterocycles. The quantitative estimate of drug-likeness (QED) is 0.380. The third-order valence-electron chi connectivity index (χ3n) is 1.76. The molecule has 1 aromatic rings. The van der Waals surface area contributed by atoms with Gasteiger partial charge in [0.1, 0.15) is 0 Å². The van der Waals surface area contributed by atoms with Crippen LogP contribution in [-0.2, 0) is 9.59 Å². The second-order valence-electron chi connectivity index (χ2n) is 2.97. The first-order valence-corrected chi connectivity index (χ1v) is 4.46. The van der Waals surface area contributed by atoms with Crippen molar-refractivity contribution >= 4 is 24.1 Å². The van der Waals surface area contributed by atoms with E-state index in [0.29, 0.717) is 11.1 Å². The van der Waals surface area contributed by atoms with Crippen molar-refractivity contribution in [2.24, 2.45) is 0 Å². The molecule has 0 saturated heterocycles. The fourth-order valence-electron chi connectivity index (χ4n) is 1.05. The molecule has 0 atom stereocenters. The van der Waals surface area contributed by atoms with Crippen LogP contribution < -0.4 is 47.9 Å². The molecule has 0 saturated carbocycles. The first kappa shape index (κ1) is 19.2. The molecule has 0 aliphatic carbocycles. The zero-order valence-electron chi connectivity index (χ0n) is 10.3. The van der Waals surface area contributed by atoms with Gasteiger partial charge in [-0.05, 0) is 23.3 Å². The van der Waals surface area contributed by atoms with Crippen LogP contribution in [0.4, 0.5) is 0 Å². The van der Waals surface area contributed by atoms with Gasteiger partial charge in [-0.15, -0.1) is 0 Å². The Morgan fingerprint density at radius 1 is 0.778 bits per heavy atom. The van der Waals surface area contributed by atoms with Crippen molar-refractivity contribution < 1.29 is 57.5 Å². The fourth-order valence-corrected chi connectivity index (χ4v) is 1.05. The number of rotatable bonds is 4. The molecule has 0 spiro atoms. The van der Waals surface area contributed by atoms with E-state index < -0.39 is 11.9 Å². The molecule has 0 unspecified atom stereocenters. The van der Waals surface area contributed by atoms with E-state index in [0.717, 1.165) is 12.2 Å². The van der Waals surface area contributed by atoms with Crippen LogP contribution in [0.3, 0.4) is 0 Å². The van der Waals surface area contributed by atoms with Crippen LogP contribution in [0.25, 0.3) is 12.2 Å². The summed E-state index contributed by atoms with van der Waals surface area (Å²) in [6.45, 7) is 0. The maximum Gasteiger partial charge on any atom is 1.00 e. The molecule has 1 rings (SSSR count). The summed E-state index contributed by atoms with van der Waals surface area (Å²) in [4.78, 5) is 20.3. The Kier molecular flexibility index (Phi) is 10.5. The summed E-state index contributed by atoms with van der Waals surface area (Å²) in [6.07, 6.45) is 4.63. The molecule has 0 aliphatic rings. The topological polar surface area (TPSA) is 80.3 Å². The smallest absolute Gasteiger partial charge is 0.545 e. The van der Waals surface area contributed by atoms with Crippen molar-refractivity contribution in [3.63, 3.8) is 0 Å². The van der Waals surface area contributed by atoms with Gasteiger partial charge < -0.3 is 19.8 Å². The molecular formula is C12H8Li2O4. The first-order valence-electron chi connectivity index (χ1n) is 4.46. The van der Waals surface area contributed by atoms with E-state index in [-0.39, 0.29) is 37.7 Å². The standard InChI is InChI=1S/C12H10O4.2Li/c13-11(14)7-5-9-1-2-10(4-3-9)6-8-12(15)16;;/h1-8H,(H,13,14)(H,15,16);;/q;2*+1/p-2/b7-5+,8-6+;;. The van der Waals surface area contributed by atoms with E-state index in [4.69, 9.17) is 0 Å². The summed E-state index contributed by atoms with van der Waals surface area (Å²) in [5.74, 6) is -2.53. The van der Waals surface area contributed by atoms with Gasteiger partial charge in [-0.1, -0.05) is 36.4 Å². The average Bonchev–Trinajstić information content (AvgIpc) is 2.25. The van der Waals surface area contributed by atoms with E-state index in [1.54, 1.807) is 24.3 Å². The molecule has 18 heavy (non-hydrogen) atoms. The number of hydrogen-bond acceptors (Lipinski definition) is 4. The average molecular weight is 230 g/mol. The van der Waals surface area contributed by atoms with E-state index in [9.17, 15) is 19.8 Å². The Morgan fingerprint density at radius 3 is 1.28 bits per heavy atom. The summed E-state index contributed by atoms with van der Waals surface area (Å²) < 4.78 is 0. The Hall–Kier alpha value is -1.17. The number of hydrogen-bond donors (Lipinski definition) is 0. The van der Waals surface area contributed by atoms with Crippen LogP contribution in [0.2, 0.25) is 0 Å². The number of benzene rings is 1. The number of aliphatic carboxylic acids is 2. The molecule has 0 aliphatic heterocycles. The third kappa shape index (κ3) is 8.00. The normalized spacial score (nSPS) is 9.78. The van der Waals surface area contributed by atoms with E-state index in [2.05, 4.69) is 0 Å². The maximum absolute atomic E-state index is 10.1. The molecular weight excluding hydrogens is 222 g/mol. The first-order chi connectivity index (χ1) is 7.58. The Balaban J connectivity index is 0. The van der Waals surface area contributed by atoms with Crippen molar-refractivity contribution in [1.82, 2.24) is 0 Å². The van der Waals surface area contributed by atoms with E-state index >= 15 is 0 Å². The molecule has 0 bridgehead atoms. The summed E-state index contributed by atoms with van der Waals surface area (Å²) in [5, 5.41) is 20.3. The predicted octanol–water partition coefficient (Wildman–Crippen LogP) is -6.78. The molecule has 0 N–H and O–H groups in total. The number of carboxylic acid groups (broad SMARTS) is 2. The van der Waals surface area contributed by atoms with Gasteiger partial charge in [-0.25, -0.2) is 0 Å². The third-order valence-corrected chi connectivity index (χ3v) is 1.76.